The number of fused-ring (bicyclic) bond motifs is 2. The highest BCUT2D eigenvalue weighted by molar-refractivity contribution is 5.93. The van der Waals surface area contributed by atoms with Crippen molar-refractivity contribution in [3.8, 4) is 0 Å². The molecule has 0 aromatic carbocycles. The molecule has 28 heavy (non-hydrogen) atoms. The van der Waals surface area contributed by atoms with E-state index in [1.807, 2.05) is 4.90 Å². The first-order chi connectivity index (χ1) is 13.6. The van der Waals surface area contributed by atoms with Crippen LogP contribution in [0, 0.1) is 0 Å². The molecule has 0 saturated carbocycles. The van der Waals surface area contributed by atoms with E-state index in [0.717, 1.165) is 11.4 Å². The van der Waals surface area contributed by atoms with Crippen LogP contribution in [0.5, 0.6) is 0 Å². The molecule has 2 amide bonds. The van der Waals surface area contributed by atoms with Crippen LogP contribution < -0.4 is 5.56 Å². The number of aromatic nitrogens is 4. The summed E-state index contributed by atoms with van der Waals surface area (Å²) in [6.45, 7) is 1.41. The van der Waals surface area contributed by atoms with Crippen molar-refractivity contribution >= 4 is 11.8 Å². The Morgan fingerprint density at radius 1 is 1.21 bits per heavy atom. The molecule has 0 aliphatic carbocycles. The van der Waals surface area contributed by atoms with Gasteiger partial charge in [-0.05, 0) is 12.8 Å². The maximum absolute atomic E-state index is 12.7. The van der Waals surface area contributed by atoms with E-state index in [4.69, 9.17) is 4.74 Å². The van der Waals surface area contributed by atoms with Gasteiger partial charge >= 0.3 is 0 Å². The largest absolute Gasteiger partial charge is 0.375 e. The summed E-state index contributed by atoms with van der Waals surface area (Å²) in [7, 11) is 1.50. The number of hydrogen-bond acceptors (Lipinski definition) is 6. The Hall–Kier alpha value is -3.01. The fraction of sp³-hybridized carbons (Fsp3) is 0.500. The number of hydrogen-bond donors (Lipinski definition) is 2. The number of piperidine rings is 1. The lowest BCUT2D eigenvalue weighted by atomic mass is 9.78. The zero-order chi connectivity index (χ0) is 19.7. The van der Waals surface area contributed by atoms with Gasteiger partial charge in [0, 0.05) is 45.1 Å². The molecule has 0 bridgehead atoms. The second-order valence-electron chi connectivity index (χ2n) is 7.08. The zero-order valence-corrected chi connectivity index (χ0v) is 15.6. The number of nitrogens with zero attached hydrogens (tertiary/aromatic N) is 4. The fourth-order valence-corrected chi connectivity index (χ4v) is 4.30. The van der Waals surface area contributed by atoms with E-state index >= 15 is 0 Å². The normalized spacial score (nSPS) is 18.2. The lowest BCUT2D eigenvalue weighted by Gasteiger charge is -2.50. The molecule has 2 aliphatic heterocycles. The molecule has 0 radical (unpaired) electrons. The maximum atomic E-state index is 12.7. The first kappa shape index (κ1) is 18.4. The minimum absolute atomic E-state index is 0.00914. The Kier molecular flexibility index (Phi) is 4.71. The van der Waals surface area contributed by atoms with Gasteiger partial charge in [-0.15, -0.1) is 0 Å². The van der Waals surface area contributed by atoms with Crippen LogP contribution in [-0.4, -0.2) is 74.9 Å². The van der Waals surface area contributed by atoms with Crippen LogP contribution in [0.4, 0.5) is 0 Å². The van der Waals surface area contributed by atoms with Crippen molar-refractivity contribution in [1.82, 2.24) is 29.7 Å². The first-order valence-electron chi connectivity index (χ1n) is 9.21. The fourth-order valence-electron chi connectivity index (χ4n) is 4.30. The van der Waals surface area contributed by atoms with E-state index in [9.17, 15) is 14.4 Å². The van der Waals surface area contributed by atoms with Gasteiger partial charge in [-0.3, -0.25) is 14.4 Å². The van der Waals surface area contributed by atoms with Crippen LogP contribution >= 0.6 is 0 Å². The molecule has 2 aromatic heterocycles. The van der Waals surface area contributed by atoms with E-state index in [1.165, 1.54) is 19.6 Å². The summed E-state index contributed by atoms with van der Waals surface area (Å²) in [6, 6.07) is 0. The summed E-state index contributed by atoms with van der Waals surface area (Å²) in [5.74, 6) is -0.434. The highest BCUT2D eigenvalue weighted by Crippen LogP contribution is 2.42. The van der Waals surface area contributed by atoms with Gasteiger partial charge in [-0.1, -0.05) is 0 Å². The number of likely N-dealkylation sites (tertiary alicyclic amines) is 1. The van der Waals surface area contributed by atoms with Crippen molar-refractivity contribution in [2.45, 2.75) is 24.8 Å². The van der Waals surface area contributed by atoms with Crippen LogP contribution in [0.3, 0.4) is 0 Å². The van der Waals surface area contributed by atoms with Gasteiger partial charge in [-0.2, -0.15) is 0 Å². The number of aromatic amines is 2. The predicted octanol–water partition coefficient (Wildman–Crippen LogP) is -0.344. The van der Waals surface area contributed by atoms with E-state index < -0.39 is 11.1 Å². The number of methoxy groups -OCH3 is 1. The number of ether oxygens (including phenoxy) is 1. The molecule has 1 saturated heterocycles. The van der Waals surface area contributed by atoms with Crippen LogP contribution in [-0.2, 0) is 21.5 Å². The second kappa shape index (κ2) is 7.19. The van der Waals surface area contributed by atoms with Gasteiger partial charge in [0.1, 0.15) is 12.2 Å². The molecule has 1 fully saturated rings. The molecular formula is C18H22N6O4. The Morgan fingerprint density at radius 3 is 2.71 bits per heavy atom. The molecule has 148 valence electrons. The SMILES string of the molecule is COCC(=O)N1CCc2[nH]cnc2C12CCN(C(=O)c1cnc[nH]c1=O)CC2. The topological polar surface area (TPSA) is 124 Å². The summed E-state index contributed by atoms with van der Waals surface area (Å²) in [5, 5.41) is 0. The van der Waals surface area contributed by atoms with Crippen LogP contribution in [0.2, 0.25) is 0 Å². The summed E-state index contributed by atoms with van der Waals surface area (Å²) < 4.78 is 5.06. The molecule has 0 unspecified atom stereocenters. The summed E-state index contributed by atoms with van der Waals surface area (Å²) in [5.41, 5.74) is 0.903. The Labute approximate surface area is 160 Å². The number of nitrogens with one attached hydrogen (secondary N) is 2. The molecule has 10 nitrogen and oxygen atoms in total. The van der Waals surface area contributed by atoms with Crippen molar-refractivity contribution in [3.63, 3.8) is 0 Å². The highest BCUT2D eigenvalue weighted by Gasteiger charge is 2.49. The second-order valence-corrected chi connectivity index (χ2v) is 7.08. The van der Waals surface area contributed by atoms with Gasteiger partial charge in [0.05, 0.1) is 23.9 Å². The molecule has 2 N–H and O–H groups in total. The zero-order valence-electron chi connectivity index (χ0n) is 15.6. The first-order valence-corrected chi connectivity index (χ1v) is 9.21. The standard InChI is InChI=1S/C18H22N6O4/c1-28-9-14(25)24-5-2-13-15(21-11-20-13)18(24)3-6-23(7-4-18)17(27)12-8-19-10-22-16(12)26/h8,10-11H,2-7,9H2,1H3,(H,20,21)(H,19,22,26). The minimum Gasteiger partial charge on any atom is -0.375 e. The molecule has 2 aromatic rings. The molecule has 2 aliphatic rings. The summed E-state index contributed by atoms with van der Waals surface area (Å²) in [4.78, 5) is 54.8. The van der Waals surface area contributed by atoms with Crippen molar-refractivity contribution in [2.24, 2.45) is 0 Å². The lowest BCUT2D eigenvalue weighted by molar-refractivity contribution is -0.145. The van der Waals surface area contributed by atoms with Crippen LogP contribution in [0.25, 0.3) is 0 Å². The quantitative estimate of drug-likeness (QED) is 0.743. The van der Waals surface area contributed by atoms with Crippen molar-refractivity contribution < 1.29 is 14.3 Å². The third-order valence-electron chi connectivity index (χ3n) is 5.66. The molecular weight excluding hydrogens is 364 g/mol. The number of amides is 2. The van der Waals surface area contributed by atoms with Crippen LogP contribution in [0.1, 0.15) is 34.6 Å². The Bertz CT molecular complexity index is 943. The number of carbonyl (C=O) groups excluding carboxylic acids is 2. The third-order valence-corrected chi connectivity index (χ3v) is 5.66. The maximum Gasteiger partial charge on any atom is 0.263 e. The smallest absolute Gasteiger partial charge is 0.263 e. The van der Waals surface area contributed by atoms with E-state index in [-0.39, 0.29) is 24.0 Å². The highest BCUT2D eigenvalue weighted by atomic mass is 16.5. The van der Waals surface area contributed by atoms with Gasteiger partial charge in [0.2, 0.25) is 5.91 Å². The monoisotopic (exact) mass is 386 g/mol. The molecule has 10 heteroatoms. The van der Waals surface area contributed by atoms with Crippen molar-refractivity contribution in [3.05, 3.63) is 46.2 Å². The Morgan fingerprint density at radius 2 is 2.00 bits per heavy atom. The van der Waals surface area contributed by atoms with Crippen molar-refractivity contribution in [2.75, 3.05) is 33.4 Å². The number of rotatable bonds is 3. The van der Waals surface area contributed by atoms with Gasteiger partial charge in [0.15, 0.2) is 0 Å². The third kappa shape index (κ3) is 2.89. The summed E-state index contributed by atoms with van der Waals surface area (Å²) in [6.07, 6.45) is 6.00. The van der Waals surface area contributed by atoms with Gasteiger partial charge in [0.25, 0.3) is 11.5 Å². The molecule has 4 rings (SSSR count). The van der Waals surface area contributed by atoms with Gasteiger partial charge in [-0.25, -0.2) is 9.97 Å². The number of imidazole rings is 1. The van der Waals surface area contributed by atoms with E-state index in [0.29, 0.717) is 38.9 Å². The minimum atomic E-state index is -0.568. The number of H-pyrrole nitrogens is 2. The summed E-state index contributed by atoms with van der Waals surface area (Å²) >= 11 is 0. The Balaban J connectivity index is 1.60. The average molecular weight is 386 g/mol. The number of carbonyl (C=O) groups is 2. The predicted molar refractivity (Wildman–Crippen MR) is 97.6 cm³/mol. The molecule has 4 heterocycles. The van der Waals surface area contributed by atoms with Gasteiger partial charge < -0.3 is 24.5 Å². The van der Waals surface area contributed by atoms with E-state index in [1.54, 1.807) is 11.2 Å². The molecule has 1 spiro atoms. The van der Waals surface area contributed by atoms with Crippen LogP contribution in [0.15, 0.2) is 23.6 Å². The lowest BCUT2D eigenvalue weighted by Crippen LogP contribution is -2.59. The van der Waals surface area contributed by atoms with Crippen molar-refractivity contribution in [1.29, 1.82) is 0 Å². The van der Waals surface area contributed by atoms with E-state index in [2.05, 4.69) is 19.9 Å². The average Bonchev–Trinajstić information content (AvgIpc) is 3.19. The molecule has 0 atom stereocenters.